The number of hydrogen-bond acceptors (Lipinski definition) is 5. The number of carbonyl (C=O) groups excluding carboxylic acids is 1. The van der Waals surface area contributed by atoms with Crippen molar-refractivity contribution in [3.8, 4) is 5.75 Å². The van der Waals surface area contributed by atoms with E-state index in [9.17, 15) is 18.0 Å². The fourth-order valence-electron chi connectivity index (χ4n) is 3.21. The molecule has 0 saturated carbocycles. The number of sulfonamides is 1. The van der Waals surface area contributed by atoms with Crippen LogP contribution in [0.25, 0.3) is 0 Å². The van der Waals surface area contributed by atoms with Crippen LogP contribution in [0.1, 0.15) is 38.5 Å². The Morgan fingerprint density at radius 2 is 1.93 bits per heavy atom. The summed E-state index contributed by atoms with van der Waals surface area (Å²) in [5, 5.41) is 11.4. The molecular weight excluding hydrogens is 384 g/mol. The van der Waals surface area contributed by atoms with Crippen LogP contribution in [0.15, 0.2) is 29.2 Å². The van der Waals surface area contributed by atoms with Crippen molar-refractivity contribution in [2.24, 2.45) is 5.92 Å². The van der Waals surface area contributed by atoms with Crippen LogP contribution in [0.5, 0.6) is 5.75 Å². The van der Waals surface area contributed by atoms with Gasteiger partial charge in [-0.15, -0.1) is 0 Å². The number of carboxylic acids is 1. The van der Waals surface area contributed by atoms with Gasteiger partial charge in [-0.1, -0.05) is 6.42 Å². The minimum atomic E-state index is -3.65. The van der Waals surface area contributed by atoms with Crippen LogP contribution in [-0.2, 0) is 19.6 Å². The maximum Gasteiger partial charge on any atom is 0.303 e. The Kier molecular flexibility index (Phi) is 8.25. The lowest BCUT2D eigenvalue weighted by Crippen LogP contribution is -2.45. The second kappa shape index (κ2) is 10.4. The first-order valence-corrected chi connectivity index (χ1v) is 10.9. The lowest BCUT2D eigenvalue weighted by Gasteiger charge is -2.31. The second-order valence-corrected chi connectivity index (χ2v) is 8.81. The number of carboxylic acid groups (broad SMARTS) is 1. The predicted octanol–water partition coefficient (Wildman–Crippen LogP) is 1.86. The number of unbranched alkanes of at least 4 members (excludes halogenated alkanes) is 2. The number of benzene rings is 1. The molecule has 1 aliphatic heterocycles. The second-order valence-electron chi connectivity index (χ2n) is 6.87. The quantitative estimate of drug-likeness (QED) is 0.567. The number of hydrogen-bond donors (Lipinski definition) is 2. The molecule has 0 radical (unpaired) electrons. The maximum absolute atomic E-state index is 12.8. The summed E-state index contributed by atoms with van der Waals surface area (Å²) in [5.74, 6) is -0.753. The standard InChI is InChI=1S/C19H28N2O6S/c1-27-16-8-10-17(11-9-16)28(25,26)21-13-5-6-15(14-21)19(24)20-12-4-2-3-7-18(22)23/h8-11,15H,2-7,12-14H2,1H3,(H,20,24)(H,22,23). The van der Waals surface area contributed by atoms with Crippen molar-refractivity contribution in [1.82, 2.24) is 9.62 Å². The Labute approximate surface area is 165 Å². The molecule has 0 spiro atoms. The molecule has 0 aromatic heterocycles. The Balaban J connectivity index is 1.86. The average Bonchev–Trinajstić information content (AvgIpc) is 2.70. The smallest absolute Gasteiger partial charge is 0.303 e. The molecule has 1 amide bonds. The van der Waals surface area contributed by atoms with Crippen molar-refractivity contribution in [2.75, 3.05) is 26.7 Å². The van der Waals surface area contributed by atoms with Crippen LogP contribution in [0.2, 0.25) is 0 Å². The molecule has 1 atom stereocenters. The van der Waals surface area contributed by atoms with Gasteiger partial charge in [-0.25, -0.2) is 8.42 Å². The highest BCUT2D eigenvalue weighted by Crippen LogP contribution is 2.25. The van der Waals surface area contributed by atoms with E-state index in [-0.39, 0.29) is 29.7 Å². The fraction of sp³-hybridized carbons (Fsp3) is 0.579. The van der Waals surface area contributed by atoms with E-state index in [4.69, 9.17) is 9.84 Å². The van der Waals surface area contributed by atoms with Crippen molar-refractivity contribution < 1.29 is 27.9 Å². The summed E-state index contributed by atoms with van der Waals surface area (Å²) in [6.07, 6.45) is 3.44. The van der Waals surface area contributed by atoms with Crippen molar-refractivity contribution in [2.45, 2.75) is 43.4 Å². The van der Waals surface area contributed by atoms with Crippen molar-refractivity contribution in [3.05, 3.63) is 24.3 Å². The predicted molar refractivity (Wildman–Crippen MR) is 104 cm³/mol. The summed E-state index contributed by atoms with van der Waals surface area (Å²) in [6, 6.07) is 6.22. The highest BCUT2D eigenvalue weighted by Gasteiger charge is 2.33. The first-order chi connectivity index (χ1) is 13.3. The number of carbonyl (C=O) groups is 2. The maximum atomic E-state index is 12.8. The summed E-state index contributed by atoms with van der Waals surface area (Å²) in [7, 11) is -2.13. The fourth-order valence-corrected chi connectivity index (χ4v) is 4.73. The summed E-state index contributed by atoms with van der Waals surface area (Å²) in [6.45, 7) is 1.03. The number of rotatable bonds is 10. The number of ether oxygens (including phenoxy) is 1. The van der Waals surface area contributed by atoms with Gasteiger partial charge < -0.3 is 15.2 Å². The molecule has 2 rings (SSSR count). The molecule has 1 aromatic rings. The number of nitrogens with one attached hydrogen (secondary N) is 1. The van der Waals surface area contributed by atoms with Gasteiger partial charge >= 0.3 is 5.97 Å². The van der Waals surface area contributed by atoms with E-state index in [1.807, 2.05) is 0 Å². The zero-order valence-electron chi connectivity index (χ0n) is 16.1. The van der Waals surface area contributed by atoms with Gasteiger partial charge in [0, 0.05) is 26.1 Å². The van der Waals surface area contributed by atoms with E-state index < -0.39 is 16.0 Å². The summed E-state index contributed by atoms with van der Waals surface area (Å²) >= 11 is 0. The molecule has 156 valence electrons. The Hall–Kier alpha value is -2.13. The van der Waals surface area contributed by atoms with Gasteiger partial charge in [0.15, 0.2) is 0 Å². The Bertz CT molecular complexity index is 763. The highest BCUT2D eigenvalue weighted by atomic mass is 32.2. The number of amides is 1. The molecule has 1 fully saturated rings. The molecule has 2 N–H and O–H groups in total. The molecule has 8 nitrogen and oxygen atoms in total. The van der Waals surface area contributed by atoms with Gasteiger partial charge in [0.05, 0.1) is 17.9 Å². The zero-order valence-corrected chi connectivity index (χ0v) is 16.9. The summed E-state index contributed by atoms with van der Waals surface area (Å²) in [5.41, 5.74) is 0. The van der Waals surface area contributed by atoms with E-state index in [0.29, 0.717) is 44.5 Å². The van der Waals surface area contributed by atoms with Crippen molar-refractivity contribution in [1.29, 1.82) is 0 Å². The van der Waals surface area contributed by atoms with E-state index in [2.05, 4.69) is 5.32 Å². The third-order valence-corrected chi connectivity index (χ3v) is 6.70. The Morgan fingerprint density at radius 1 is 1.21 bits per heavy atom. The summed E-state index contributed by atoms with van der Waals surface area (Å²) in [4.78, 5) is 23.0. The number of aliphatic carboxylic acids is 1. The molecule has 1 saturated heterocycles. The van der Waals surface area contributed by atoms with Crippen LogP contribution in [0.3, 0.4) is 0 Å². The third kappa shape index (κ3) is 6.20. The largest absolute Gasteiger partial charge is 0.497 e. The number of methoxy groups -OCH3 is 1. The van der Waals surface area contributed by atoms with E-state index in [1.165, 1.54) is 23.5 Å². The van der Waals surface area contributed by atoms with Crippen LogP contribution >= 0.6 is 0 Å². The molecule has 1 unspecified atom stereocenters. The van der Waals surface area contributed by atoms with Gasteiger partial charge in [-0.05, 0) is 49.9 Å². The van der Waals surface area contributed by atoms with Gasteiger partial charge in [0.25, 0.3) is 0 Å². The molecular formula is C19H28N2O6S. The lowest BCUT2D eigenvalue weighted by molar-refractivity contribution is -0.137. The SMILES string of the molecule is COc1ccc(S(=O)(=O)N2CCCC(C(=O)NCCCCCC(=O)O)C2)cc1. The average molecular weight is 413 g/mol. The molecule has 0 aliphatic carbocycles. The molecule has 1 aromatic carbocycles. The minimum Gasteiger partial charge on any atom is -0.497 e. The zero-order chi connectivity index (χ0) is 20.6. The Morgan fingerprint density at radius 3 is 2.57 bits per heavy atom. The van der Waals surface area contributed by atoms with Gasteiger partial charge in [-0.3, -0.25) is 9.59 Å². The first kappa shape index (κ1) is 22.2. The van der Waals surface area contributed by atoms with Crippen LogP contribution in [-0.4, -0.2) is 56.5 Å². The monoisotopic (exact) mass is 412 g/mol. The van der Waals surface area contributed by atoms with E-state index in [1.54, 1.807) is 12.1 Å². The topological polar surface area (TPSA) is 113 Å². The lowest BCUT2D eigenvalue weighted by atomic mass is 9.99. The van der Waals surface area contributed by atoms with Gasteiger partial charge in [-0.2, -0.15) is 4.31 Å². The van der Waals surface area contributed by atoms with E-state index in [0.717, 1.165) is 6.42 Å². The van der Waals surface area contributed by atoms with Gasteiger partial charge in [0.2, 0.25) is 15.9 Å². The molecule has 1 heterocycles. The number of piperidine rings is 1. The van der Waals surface area contributed by atoms with Crippen LogP contribution < -0.4 is 10.1 Å². The van der Waals surface area contributed by atoms with Crippen molar-refractivity contribution in [3.63, 3.8) is 0 Å². The first-order valence-electron chi connectivity index (χ1n) is 9.48. The molecule has 1 aliphatic rings. The molecule has 9 heteroatoms. The highest BCUT2D eigenvalue weighted by molar-refractivity contribution is 7.89. The minimum absolute atomic E-state index is 0.134. The summed E-state index contributed by atoms with van der Waals surface area (Å²) < 4.78 is 32.1. The molecule has 28 heavy (non-hydrogen) atoms. The van der Waals surface area contributed by atoms with Gasteiger partial charge in [0.1, 0.15) is 5.75 Å². The van der Waals surface area contributed by atoms with Crippen molar-refractivity contribution >= 4 is 21.9 Å². The van der Waals surface area contributed by atoms with Crippen LogP contribution in [0.4, 0.5) is 0 Å². The van der Waals surface area contributed by atoms with E-state index >= 15 is 0 Å². The number of nitrogens with zero attached hydrogens (tertiary/aromatic N) is 1. The molecule has 0 bridgehead atoms. The normalized spacial score (nSPS) is 17.8. The third-order valence-electron chi connectivity index (χ3n) is 4.82. The van der Waals surface area contributed by atoms with Crippen LogP contribution in [0, 0.1) is 5.92 Å².